The van der Waals surface area contributed by atoms with Crippen LogP contribution in [-0.2, 0) is 11.3 Å². The van der Waals surface area contributed by atoms with Crippen molar-refractivity contribution in [3.63, 3.8) is 0 Å². The second-order valence-corrected chi connectivity index (χ2v) is 6.99. The predicted molar refractivity (Wildman–Crippen MR) is 111 cm³/mol. The SMILES string of the molecule is COc1cccc(NC(=S)Nc2cccc(COC3CCCCC3)c2)c1. The first-order valence-corrected chi connectivity index (χ1v) is 9.56. The van der Waals surface area contributed by atoms with Crippen molar-refractivity contribution in [3.05, 3.63) is 54.1 Å². The summed E-state index contributed by atoms with van der Waals surface area (Å²) in [6.07, 6.45) is 6.71. The molecule has 0 amide bonds. The van der Waals surface area contributed by atoms with E-state index in [2.05, 4.69) is 22.8 Å². The van der Waals surface area contributed by atoms with E-state index in [-0.39, 0.29) is 0 Å². The maximum atomic E-state index is 6.06. The summed E-state index contributed by atoms with van der Waals surface area (Å²) in [5, 5.41) is 6.95. The molecule has 0 aliphatic heterocycles. The van der Waals surface area contributed by atoms with E-state index < -0.39 is 0 Å². The van der Waals surface area contributed by atoms with Gasteiger partial charge in [-0.05, 0) is 54.9 Å². The molecular formula is C21H26N2O2S. The van der Waals surface area contributed by atoms with Gasteiger partial charge < -0.3 is 20.1 Å². The van der Waals surface area contributed by atoms with Gasteiger partial charge in [0.05, 0.1) is 19.8 Å². The molecule has 2 aromatic rings. The third-order valence-electron chi connectivity index (χ3n) is 4.55. The van der Waals surface area contributed by atoms with Crippen LogP contribution in [0.5, 0.6) is 5.75 Å². The fourth-order valence-corrected chi connectivity index (χ4v) is 3.41. The van der Waals surface area contributed by atoms with Gasteiger partial charge in [-0.3, -0.25) is 0 Å². The van der Waals surface area contributed by atoms with Gasteiger partial charge in [0, 0.05) is 17.4 Å². The molecule has 0 bridgehead atoms. The average molecular weight is 371 g/mol. The number of rotatable bonds is 6. The molecule has 3 rings (SSSR count). The molecule has 1 saturated carbocycles. The lowest BCUT2D eigenvalue weighted by Crippen LogP contribution is -2.19. The molecular weight excluding hydrogens is 344 g/mol. The minimum absolute atomic E-state index is 0.413. The number of hydrogen-bond acceptors (Lipinski definition) is 3. The topological polar surface area (TPSA) is 42.5 Å². The highest BCUT2D eigenvalue weighted by molar-refractivity contribution is 7.80. The third kappa shape index (κ3) is 5.71. The molecule has 0 heterocycles. The van der Waals surface area contributed by atoms with E-state index in [1.54, 1.807) is 7.11 Å². The molecule has 2 N–H and O–H groups in total. The molecule has 0 atom stereocenters. The lowest BCUT2D eigenvalue weighted by molar-refractivity contribution is 0.0169. The first-order chi connectivity index (χ1) is 12.7. The molecule has 138 valence electrons. The summed E-state index contributed by atoms with van der Waals surface area (Å²) >= 11 is 5.41. The second kappa shape index (κ2) is 9.55. The van der Waals surface area contributed by atoms with Crippen molar-refractivity contribution in [2.45, 2.75) is 44.8 Å². The molecule has 0 spiro atoms. The fraction of sp³-hybridized carbons (Fsp3) is 0.381. The molecule has 2 aromatic carbocycles. The molecule has 1 aliphatic carbocycles. The first kappa shape index (κ1) is 18.7. The van der Waals surface area contributed by atoms with Crippen molar-refractivity contribution < 1.29 is 9.47 Å². The van der Waals surface area contributed by atoms with Gasteiger partial charge in [0.25, 0.3) is 0 Å². The van der Waals surface area contributed by atoms with Gasteiger partial charge in [-0.25, -0.2) is 0 Å². The summed E-state index contributed by atoms with van der Waals surface area (Å²) in [4.78, 5) is 0. The first-order valence-electron chi connectivity index (χ1n) is 9.15. The molecule has 1 fully saturated rings. The zero-order valence-electron chi connectivity index (χ0n) is 15.2. The highest BCUT2D eigenvalue weighted by atomic mass is 32.1. The smallest absolute Gasteiger partial charge is 0.175 e. The summed E-state index contributed by atoms with van der Waals surface area (Å²) in [6, 6.07) is 15.9. The van der Waals surface area contributed by atoms with Gasteiger partial charge in [0.15, 0.2) is 5.11 Å². The van der Waals surface area contributed by atoms with Crippen molar-refractivity contribution in [1.29, 1.82) is 0 Å². The van der Waals surface area contributed by atoms with Crippen LogP contribution in [0.3, 0.4) is 0 Å². The van der Waals surface area contributed by atoms with E-state index in [1.165, 1.54) is 32.1 Å². The van der Waals surface area contributed by atoms with Crippen molar-refractivity contribution in [1.82, 2.24) is 0 Å². The summed E-state index contributed by atoms with van der Waals surface area (Å²) < 4.78 is 11.3. The van der Waals surface area contributed by atoms with Crippen LogP contribution in [0, 0.1) is 0 Å². The van der Waals surface area contributed by atoms with E-state index in [1.807, 2.05) is 36.4 Å². The van der Waals surface area contributed by atoms with Gasteiger partial charge in [-0.2, -0.15) is 0 Å². The maximum Gasteiger partial charge on any atom is 0.175 e. The molecule has 0 saturated heterocycles. The van der Waals surface area contributed by atoms with Crippen LogP contribution >= 0.6 is 12.2 Å². The molecule has 0 radical (unpaired) electrons. The average Bonchev–Trinajstić information content (AvgIpc) is 2.67. The quantitative estimate of drug-likeness (QED) is 0.671. The number of ether oxygens (including phenoxy) is 2. The molecule has 0 aromatic heterocycles. The van der Waals surface area contributed by atoms with E-state index in [0.717, 1.165) is 22.7 Å². The van der Waals surface area contributed by atoms with Crippen LogP contribution in [0.1, 0.15) is 37.7 Å². The molecule has 26 heavy (non-hydrogen) atoms. The lowest BCUT2D eigenvalue weighted by Gasteiger charge is -2.22. The van der Waals surface area contributed by atoms with Gasteiger partial charge >= 0.3 is 0 Å². The van der Waals surface area contributed by atoms with Crippen LogP contribution < -0.4 is 15.4 Å². The van der Waals surface area contributed by atoms with E-state index in [4.69, 9.17) is 21.7 Å². The van der Waals surface area contributed by atoms with Crippen LogP contribution in [0.15, 0.2) is 48.5 Å². The van der Waals surface area contributed by atoms with E-state index >= 15 is 0 Å². The minimum Gasteiger partial charge on any atom is -0.497 e. The number of anilines is 2. The normalized spacial score (nSPS) is 14.7. The Balaban J connectivity index is 1.53. The summed E-state index contributed by atoms with van der Waals surface area (Å²) in [5.41, 5.74) is 3.00. The van der Waals surface area contributed by atoms with Crippen LogP contribution in [0.4, 0.5) is 11.4 Å². The Morgan fingerprint density at radius 3 is 2.42 bits per heavy atom. The van der Waals surface area contributed by atoms with E-state index in [9.17, 15) is 0 Å². The number of benzene rings is 2. The molecule has 5 heteroatoms. The van der Waals surface area contributed by atoms with Gasteiger partial charge in [0.1, 0.15) is 5.75 Å². The Labute approximate surface area is 160 Å². The Bertz CT molecular complexity index is 729. The van der Waals surface area contributed by atoms with Crippen LogP contribution in [0.2, 0.25) is 0 Å². The zero-order chi connectivity index (χ0) is 18.2. The predicted octanol–water partition coefficient (Wildman–Crippen LogP) is 5.35. The van der Waals surface area contributed by atoms with Gasteiger partial charge in [-0.1, -0.05) is 37.5 Å². The highest BCUT2D eigenvalue weighted by Gasteiger charge is 2.13. The Hall–Kier alpha value is -2.11. The number of methoxy groups -OCH3 is 1. The van der Waals surface area contributed by atoms with Crippen LogP contribution in [0.25, 0.3) is 0 Å². The van der Waals surface area contributed by atoms with Gasteiger partial charge in [0.2, 0.25) is 0 Å². The zero-order valence-corrected chi connectivity index (χ0v) is 16.0. The van der Waals surface area contributed by atoms with E-state index in [0.29, 0.717) is 17.8 Å². The standard InChI is InChI=1S/C21H26N2O2S/c1-24-20-12-6-9-18(14-20)23-21(26)22-17-8-5-7-16(13-17)15-25-19-10-3-2-4-11-19/h5-9,12-14,19H,2-4,10-11,15H2,1H3,(H2,22,23,26). The molecule has 4 nitrogen and oxygen atoms in total. The summed E-state index contributed by atoms with van der Waals surface area (Å²) in [6.45, 7) is 0.649. The Kier molecular flexibility index (Phi) is 6.86. The monoisotopic (exact) mass is 370 g/mol. The van der Waals surface area contributed by atoms with Crippen molar-refractivity contribution in [2.24, 2.45) is 0 Å². The number of thiocarbonyl (C=S) groups is 1. The number of nitrogens with one attached hydrogen (secondary N) is 2. The highest BCUT2D eigenvalue weighted by Crippen LogP contribution is 2.22. The van der Waals surface area contributed by atoms with Crippen molar-refractivity contribution >= 4 is 28.7 Å². The lowest BCUT2D eigenvalue weighted by atomic mass is 9.98. The van der Waals surface area contributed by atoms with Crippen molar-refractivity contribution in [3.8, 4) is 5.75 Å². The Morgan fingerprint density at radius 2 is 1.69 bits per heavy atom. The van der Waals surface area contributed by atoms with Crippen molar-refractivity contribution in [2.75, 3.05) is 17.7 Å². The molecule has 1 aliphatic rings. The van der Waals surface area contributed by atoms with Gasteiger partial charge in [-0.15, -0.1) is 0 Å². The maximum absolute atomic E-state index is 6.06. The molecule has 0 unspecified atom stereocenters. The number of hydrogen-bond donors (Lipinski definition) is 2. The minimum atomic E-state index is 0.413. The Morgan fingerprint density at radius 1 is 1.00 bits per heavy atom. The second-order valence-electron chi connectivity index (χ2n) is 6.58. The summed E-state index contributed by atoms with van der Waals surface area (Å²) in [5.74, 6) is 0.791. The fourth-order valence-electron chi connectivity index (χ4n) is 3.18. The third-order valence-corrected chi connectivity index (χ3v) is 4.75. The van der Waals surface area contributed by atoms with Crippen LogP contribution in [-0.4, -0.2) is 18.3 Å². The largest absolute Gasteiger partial charge is 0.497 e. The summed E-state index contributed by atoms with van der Waals surface area (Å²) in [7, 11) is 1.65.